The molecule has 1 amide bonds. The van der Waals surface area contributed by atoms with Gasteiger partial charge in [-0.2, -0.15) is 10.2 Å². The van der Waals surface area contributed by atoms with Crippen LogP contribution in [0.15, 0.2) is 23.3 Å². The number of hydrogen-bond acceptors (Lipinski definition) is 5. The van der Waals surface area contributed by atoms with Crippen molar-refractivity contribution in [3.05, 3.63) is 40.3 Å². The second-order valence-corrected chi connectivity index (χ2v) is 4.72. The van der Waals surface area contributed by atoms with E-state index in [0.29, 0.717) is 5.82 Å². The minimum Gasteiger partial charge on any atom is -0.341 e. The van der Waals surface area contributed by atoms with Crippen molar-refractivity contribution < 1.29 is 4.79 Å². The van der Waals surface area contributed by atoms with Crippen LogP contribution in [0.2, 0.25) is 0 Å². The van der Waals surface area contributed by atoms with Crippen LogP contribution in [0.1, 0.15) is 42.6 Å². The van der Waals surface area contributed by atoms with Crippen molar-refractivity contribution >= 4 is 5.91 Å². The smallest absolute Gasteiger partial charge is 0.272 e. The molecule has 2 heterocycles. The summed E-state index contributed by atoms with van der Waals surface area (Å²) >= 11 is 0. The Labute approximate surface area is 121 Å². The maximum atomic E-state index is 12.1. The average molecular weight is 290 g/mol. The van der Waals surface area contributed by atoms with Crippen LogP contribution in [0, 0.1) is 0 Å². The van der Waals surface area contributed by atoms with Crippen LogP contribution in [0.3, 0.4) is 0 Å². The SMILES string of the molecule is CCCn1ncnc1[C@@H](C)NC(=O)c1ccc(=O)n(C)n1. The number of aryl methyl sites for hydroxylation is 2. The normalized spacial score (nSPS) is 12.1. The number of aromatic nitrogens is 5. The van der Waals surface area contributed by atoms with Gasteiger partial charge in [0.05, 0.1) is 6.04 Å². The van der Waals surface area contributed by atoms with Gasteiger partial charge in [0.15, 0.2) is 0 Å². The summed E-state index contributed by atoms with van der Waals surface area (Å²) in [6.45, 7) is 4.62. The summed E-state index contributed by atoms with van der Waals surface area (Å²) in [5.41, 5.74) is -0.0761. The largest absolute Gasteiger partial charge is 0.341 e. The lowest BCUT2D eigenvalue weighted by molar-refractivity contribution is 0.0930. The molecule has 0 bridgehead atoms. The third-order valence-corrected chi connectivity index (χ3v) is 3.01. The van der Waals surface area contributed by atoms with Gasteiger partial charge >= 0.3 is 0 Å². The number of rotatable bonds is 5. The molecule has 2 aromatic heterocycles. The number of carbonyl (C=O) groups excluding carboxylic acids is 1. The zero-order chi connectivity index (χ0) is 15.4. The highest BCUT2D eigenvalue weighted by molar-refractivity contribution is 5.92. The van der Waals surface area contributed by atoms with Crippen LogP contribution >= 0.6 is 0 Å². The molecule has 0 unspecified atom stereocenters. The molecule has 2 rings (SSSR count). The molecule has 0 radical (unpaired) electrons. The molecule has 0 fully saturated rings. The van der Waals surface area contributed by atoms with Gasteiger partial charge in [0.2, 0.25) is 0 Å². The molecule has 21 heavy (non-hydrogen) atoms. The van der Waals surface area contributed by atoms with Gasteiger partial charge in [-0.3, -0.25) is 9.59 Å². The lowest BCUT2D eigenvalue weighted by Crippen LogP contribution is -2.31. The topological polar surface area (TPSA) is 94.7 Å². The van der Waals surface area contributed by atoms with Crippen molar-refractivity contribution in [3.8, 4) is 0 Å². The summed E-state index contributed by atoms with van der Waals surface area (Å²) in [6.07, 6.45) is 2.40. The van der Waals surface area contributed by atoms with E-state index in [-0.39, 0.29) is 23.2 Å². The number of nitrogens with zero attached hydrogens (tertiary/aromatic N) is 5. The number of amides is 1. The zero-order valence-electron chi connectivity index (χ0n) is 12.3. The molecule has 0 aliphatic carbocycles. The third kappa shape index (κ3) is 3.33. The summed E-state index contributed by atoms with van der Waals surface area (Å²) < 4.78 is 2.89. The van der Waals surface area contributed by atoms with Crippen molar-refractivity contribution in [2.45, 2.75) is 32.9 Å². The van der Waals surface area contributed by atoms with E-state index in [4.69, 9.17) is 0 Å². The van der Waals surface area contributed by atoms with E-state index in [1.165, 1.54) is 25.5 Å². The quantitative estimate of drug-likeness (QED) is 0.853. The Kier molecular flexibility index (Phi) is 4.46. The Morgan fingerprint density at radius 2 is 2.19 bits per heavy atom. The molecule has 0 aromatic carbocycles. The second kappa shape index (κ2) is 6.29. The third-order valence-electron chi connectivity index (χ3n) is 3.01. The predicted molar refractivity (Wildman–Crippen MR) is 75.7 cm³/mol. The van der Waals surface area contributed by atoms with E-state index in [0.717, 1.165) is 17.6 Å². The molecule has 112 valence electrons. The molecular weight excluding hydrogens is 272 g/mol. The molecule has 1 N–H and O–H groups in total. The van der Waals surface area contributed by atoms with E-state index in [1.807, 2.05) is 13.8 Å². The highest BCUT2D eigenvalue weighted by Gasteiger charge is 2.17. The van der Waals surface area contributed by atoms with Gasteiger partial charge in [-0.1, -0.05) is 6.92 Å². The van der Waals surface area contributed by atoms with Crippen molar-refractivity contribution in [3.63, 3.8) is 0 Å². The number of carbonyl (C=O) groups is 1. The Bertz CT molecular complexity index is 690. The molecule has 0 aliphatic rings. The maximum absolute atomic E-state index is 12.1. The molecular formula is C13H18N6O2. The molecule has 0 saturated heterocycles. The minimum absolute atomic E-state index is 0.186. The van der Waals surface area contributed by atoms with Crippen LogP contribution in [-0.2, 0) is 13.6 Å². The molecule has 8 heteroatoms. The molecule has 0 aliphatic heterocycles. The highest BCUT2D eigenvalue weighted by Crippen LogP contribution is 2.09. The van der Waals surface area contributed by atoms with E-state index in [1.54, 1.807) is 4.68 Å². The molecule has 2 aromatic rings. The monoisotopic (exact) mass is 290 g/mol. The van der Waals surface area contributed by atoms with Gasteiger partial charge in [0, 0.05) is 19.7 Å². The Balaban J connectivity index is 2.13. The Morgan fingerprint density at radius 1 is 1.43 bits per heavy atom. The first-order chi connectivity index (χ1) is 10.0. The van der Waals surface area contributed by atoms with Crippen LogP contribution in [-0.4, -0.2) is 30.5 Å². The first kappa shape index (κ1) is 14.9. The minimum atomic E-state index is -0.357. The average Bonchev–Trinajstić information content (AvgIpc) is 2.90. The summed E-state index contributed by atoms with van der Waals surface area (Å²) in [4.78, 5) is 27.6. The fourth-order valence-corrected chi connectivity index (χ4v) is 1.95. The van der Waals surface area contributed by atoms with Gasteiger partial charge in [-0.15, -0.1) is 0 Å². The summed E-state index contributed by atoms with van der Waals surface area (Å²) in [6, 6.07) is 2.42. The number of nitrogens with one attached hydrogen (secondary N) is 1. The number of hydrogen-bond donors (Lipinski definition) is 1. The fourth-order valence-electron chi connectivity index (χ4n) is 1.95. The van der Waals surface area contributed by atoms with Crippen LogP contribution in [0.5, 0.6) is 0 Å². The molecule has 1 atom stereocenters. The van der Waals surface area contributed by atoms with Gasteiger partial charge < -0.3 is 5.32 Å². The zero-order valence-corrected chi connectivity index (χ0v) is 12.3. The van der Waals surface area contributed by atoms with Crippen molar-refractivity contribution in [2.75, 3.05) is 0 Å². The summed E-state index contributed by atoms with van der Waals surface area (Å²) in [5, 5.41) is 10.8. The highest BCUT2D eigenvalue weighted by atomic mass is 16.2. The second-order valence-electron chi connectivity index (χ2n) is 4.72. The standard InChI is InChI=1S/C13H18N6O2/c1-4-7-19-12(14-8-15-19)9(2)16-13(21)10-5-6-11(20)18(3)17-10/h5-6,8-9H,4,7H2,1-3H3,(H,16,21)/t9-/m1/s1. The van der Waals surface area contributed by atoms with Crippen LogP contribution in [0.4, 0.5) is 0 Å². The van der Waals surface area contributed by atoms with E-state index >= 15 is 0 Å². The van der Waals surface area contributed by atoms with Gasteiger partial charge in [-0.25, -0.2) is 14.3 Å². The van der Waals surface area contributed by atoms with Crippen LogP contribution in [0.25, 0.3) is 0 Å². The van der Waals surface area contributed by atoms with Gasteiger partial charge in [0.25, 0.3) is 11.5 Å². The van der Waals surface area contributed by atoms with Crippen molar-refractivity contribution in [2.24, 2.45) is 7.05 Å². The Morgan fingerprint density at radius 3 is 2.86 bits per heavy atom. The fraction of sp³-hybridized carbons (Fsp3) is 0.462. The van der Waals surface area contributed by atoms with Gasteiger partial charge in [-0.05, 0) is 19.4 Å². The first-order valence-corrected chi connectivity index (χ1v) is 6.76. The summed E-state index contributed by atoms with van der Waals surface area (Å²) in [5.74, 6) is 0.333. The van der Waals surface area contributed by atoms with E-state index < -0.39 is 0 Å². The maximum Gasteiger partial charge on any atom is 0.272 e. The van der Waals surface area contributed by atoms with Crippen LogP contribution < -0.4 is 10.9 Å². The van der Waals surface area contributed by atoms with Gasteiger partial charge in [0.1, 0.15) is 17.8 Å². The lowest BCUT2D eigenvalue weighted by atomic mass is 10.2. The molecule has 8 nitrogen and oxygen atoms in total. The van der Waals surface area contributed by atoms with E-state index in [9.17, 15) is 9.59 Å². The summed E-state index contributed by atoms with van der Waals surface area (Å²) in [7, 11) is 1.50. The van der Waals surface area contributed by atoms with Crippen molar-refractivity contribution in [1.29, 1.82) is 0 Å². The van der Waals surface area contributed by atoms with Crippen molar-refractivity contribution in [1.82, 2.24) is 29.9 Å². The lowest BCUT2D eigenvalue weighted by Gasteiger charge is -2.14. The molecule has 0 spiro atoms. The Hall–Kier alpha value is -2.51. The molecule has 0 saturated carbocycles. The van der Waals surface area contributed by atoms with E-state index in [2.05, 4.69) is 20.5 Å². The first-order valence-electron chi connectivity index (χ1n) is 6.76. The predicted octanol–water partition coefficient (Wildman–Crippen LogP) is 0.273.